The van der Waals surface area contributed by atoms with Crippen molar-refractivity contribution in [2.45, 2.75) is 60.5 Å². The Labute approximate surface area is 123 Å². The smallest absolute Gasteiger partial charge is 0.297 e. The lowest BCUT2D eigenvalue weighted by molar-refractivity contribution is 0.420. The summed E-state index contributed by atoms with van der Waals surface area (Å²) >= 11 is 0. The van der Waals surface area contributed by atoms with E-state index in [2.05, 4.69) is 63.7 Å². The molecule has 0 aliphatic heterocycles. The van der Waals surface area contributed by atoms with Crippen LogP contribution in [0.1, 0.15) is 54.2 Å². The van der Waals surface area contributed by atoms with Gasteiger partial charge in [-0.05, 0) is 32.6 Å². The topological polar surface area (TPSA) is 41.3 Å². The average molecular weight is 281 g/mol. The minimum absolute atomic E-state index is 0.0919. The summed E-state index contributed by atoms with van der Waals surface area (Å²) in [7, 11) is 0. The molecule has 0 amide bonds. The molecule has 0 saturated carbocycles. The minimum atomic E-state index is 0.0919. The Morgan fingerprint density at radius 1 is 1.15 bits per heavy atom. The zero-order valence-corrected chi connectivity index (χ0v) is 14.2. The number of hydrogen-bond donors (Lipinski definition) is 1. The van der Waals surface area contributed by atoms with Crippen LogP contribution in [0.25, 0.3) is 0 Å². The summed E-state index contributed by atoms with van der Waals surface area (Å²) in [6.07, 6.45) is 1.77. The molecule has 20 heavy (non-hydrogen) atoms. The zero-order chi connectivity index (χ0) is 15.3. The van der Waals surface area contributed by atoms with E-state index in [0.29, 0.717) is 11.8 Å². The van der Waals surface area contributed by atoms with Gasteiger partial charge >= 0.3 is 0 Å². The number of nitrogens with zero attached hydrogens (tertiary/aromatic N) is 2. The molecular formula is C16H31N3O. The SMILES string of the molecule is CC(C)CN(CC(C)C)c1nc(CNC(C)(C)C)co1. The van der Waals surface area contributed by atoms with E-state index in [4.69, 9.17) is 4.42 Å². The van der Waals surface area contributed by atoms with E-state index in [-0.39, 0.29) is 5.54 Å². The van der Waals surface area contributed by atoms with Crippen molar-refractivity contribution in [1.29, 1.82) is 0 Å². The molecule has 0 unspecified atom stereocenters. The third-order valence-electron chi connectivity index (χ3n) is 2.78. The fourth-order valence-electron chi connectivity index (χ4n) is 1.99. The predicted molar refractivity (Wildman–Crippen MR) is 85.0 cm³/mol. The van der Waals surface area contributed by atoms with Crippen LogP contribution in [0.2, 0.25) is 0 Å². The first-order chi connectivity index (χ1) is 9.17. The number of aromatic nitrogens is 1. The lowest BCUT2D eigenvalue weighted by Gasteiger charge is -2.24. The van der Waals surface area contributed by atoms with Gasteiger partial charge in [-0.1, -0.05) is 27.7 Å². The molecule has 1 N–H and O–H groups in total. The predicted octanol–water partition coefficient (Wildman–Crippen LogP) is 3.68. The number of hydrogen-bond acceptors (Lipinski definition) is 4. The van der Waals surface area contributed by atoms with E-state index in [1.807, 2.05) is 0 Å². The highest BCUT2D eigenvalue weighted by Crippen LogP contribution is 2.17. The molecule has 0 saturated heterocycles. The molecule has 0 spiro atoms. The summed E-state index contributed by atoms with van der Waals surface area (Å²) in [5.74, 6) is 1.19. The summed E-state index contributed by atoms with van der Waals surface area (Å²) in [6, 6.07) is 0.748. The van der Waals surface area contributed by atoms with Crippen LogP contribution in [0.3, 0.4) is 0 Å². The van der Waals surface area contributed by atoms with Gasteiger partial charge in [0.15, 0.2) is 0 Å². The second-order valence-corrected chi connectivity index (χ2v) is 7.42. The number of anilines is 1. The number of oxazole rings is 1. The van der Waals surface area contributed by atoms with Crippen molar-refractivity contribution in [2.24, 2.45) is 11.8 Å². The van der Waals surface area contributed by atoms with E-state index in [1.165, 1.54) is 0 Å². The molecule has 0 bridgehead atoms. The first-order valence-electron chi connectivity index (χ1n) is 7.61. The van der Waals surface area contributed by atoms with Crippen LogP contribution in [0.15, 0.2) is 10.7 Å². The summed E-state index contributed by atoms with van der Waals surface area (Å²) in [5.41, 5.74) is 1.06. The molecule has 1 rings (SSSR count). The van der Waals surface area contributed by atoms with E-state index < -0.39 is 0 Å². The second-order valence-electron chi connectivity index (χ2n) is 7.42. The quantitative estimate of drug-likeness (QED) is 0.827. The van der Waals surface area contributed by atoms with Crippen molar-refractivity contribution in [1.82, 2.24) is 10.3 Å². The van der Waals surface area contributed by atoms with Gasteiger partial charge in [0.25, 0.3) is 6.01 Å². The van der Waals surface area contributed by atoms with Crippen LogP contribution in [0, 0.1) is 11.8 Å². The Morgan fingerprint density at radius 3 is 2.15 bits per heavy atom. The molecule has 0 aliphatic rings. The van der Waals surface area contributed by atoms with Gasteiger partial charge in [0.2, 0.25) is 0 Å². The van der Waals surface area contributed by atoms with Crippen molar-refractivity contribution < 1.29 is 4.42 Å². The molecule has 4 nitrogen and oxygen atoms in total. The van der Waals surface area contributed by atoms with Crippen molar-refractivity contribution in [3.8, 4) is 0 Å². The van der Waals surface area contributed by atoms with Crippen molar-refractivity contribution >= 4 is 6.01 Å². The molecule has 0 fully saturated rings. The van der Waals surface area contributed by atoms with Gasteiger partial charge in [0.1, 0.15) is 6.26 Å². The Morgan fingerprint density at radius 2 is 1.70 bits per heavy atom. The first-order valence-corrected chi connectivity index (χ1v) is 7.61. The van der Waals surface area contributed by atoms with Gasteiger partial charge in [0.05, 0.1) is 5.69 Å². The highest BCUT2D eigenvalue weighted by molar-refractivity contribution is 5.27. The van der Waals surface area contributed by atoms with E-state index in [1.54, 1.807) is 6.26 Å². The van der Waals surface area contributed by atoms with Gasteiger partial charge in [0, 0.05) is 25.2 Å². The van der Waals surface area contributed by atoms with Crippen LogP contribution in [-0.4, -0.2) is 23.6 Å². The largest absolute Gasteiger partial charge is 0.432 e. The van der Waals surface area contributed by atoms with Crippen molar-refractivity contribution in [3.63, 3.8) is 0 Å². The van der Waals surface area contributed by atoms with Gasteiger partial charge < -0.3 is 14.6 Å². The third-order valence-corrected chi connectivity index (χ3v) is 2.78. The molecule has 4 heteroatoms. The van der Waals surface area contributed by atoms with E-state index >= 15 is 0 Å². The normalized spacial score (nSPS) is 12.4. The van der Waals surface area contributed by atoms with E-state index in [0.717, 1.165) is 31.3 Å². The van der Waals surface area contributed by atoms with Gasteiger partial charge in [-0.2, -0.15) is 4.98 Å². The maximum absolute atomic E-state index is 5.67. The highest BCUT2D eigenvalue weighted by Gasteiger charge is 2.17. The summed E-state index contributed by atoms with van der Waals surface area (Å²) < 4.78 is 5.67. The molecule has 0 atom stereocenters. The molecule has 0 aromatic carbocycles. The standard InChI is InChI=1S/C16H31N3O/c1-12(2)9-19(10-13(3)4)15-18-14(11-20-15)8-17-16(5,6)7/h11-13,17H,8-10H2,1-7H3. The summed E-state index contributed by atoms with van der Waals surface area (Å²) in [5, 5.41) is 3.43. The summed E-state index contributed by atoms with van der Waals surface area (Å²) in [6.45, 7) is 18.0. The number of rotatable bonds is 7. The van der Waals surface area contributed by atoms with Gasteiger partial charge in [-0.3, -0.25) is 0 Å². The fraction of sp³-hybridized carbons (Fsp3) is 0.812. The van der Waals surface area contributed by atoms with E-state index in [9.17, 15) is 0 Å². The molecule has 116 valence electrons. The lowest BCUT2D eigenvalue weighted by atomic mass is 10.1. The molecular weight excluding hydrogens is 250 g/mol. The average Bonchev–Trinajstić information content (AvgIpc) is 2.71. The zero-order valence-electron chi connectivity index (χ0n) is 14.2. The Balaban J connectivity index is 2.70. The monoisotopic (exact) mass is 281 g/mol. The molecule has 0 aliphatic carbocycles. The van der Waals surface area contributed by atoms with Crippen molar-refractivity contribution in [2.75, 3.05) is 18.0 Å². The minimum Gasteiger partial charge on any atom is -0.432 e. The van der Waals surface area contributed by atoms with Crippen LogP contribution in [0.4, 0.5) is 6.01 Å². The Bertz CT molecular complexity index is 381. The first kappa shape index (κ1) is 17.0. The van der Waals surface area contributed by atoms with Crippen LogP contribution in [0.5, 0.6) is 0 Å². The van der Waals surface area contributed by atoms with Gasteiger partial charge in [-0.15, -0.1) is 0 Å². The summed E-state index contributed by atoms with van der Waals surface area (Å²) in [4.78, 5) is 6.86. The van der Waals surface area contributed by atoms with Crippen molar-refractivity contribution in [3.05, 3.63) is 12.0 Å². The van der Waals surface area contributed by atoms with Crippen LogP contribution in [-0.2, 0) is 6.54 Å². The van der Waals surface area contributed by atoms with Crippen LogP contribution >= 0.6 is 0 Å². The second kappa shape index (κ2) is 7.11. The Hall–Kier alpha value is -1.03. The van der Waals surface area contributed by atoms with Gasteiger partial charge in [-0.25, -0.2) is 0 Å². The lowest BCUT2D eigenvalue weighted by Crippen LogP contribution is -2.35. The maximum Gasteiger partial charge on any atom is 0.297 e. The highest BCUT2D eigenvalue weighted by atomic mass is 16.4. The molecule has 1 aromatic heterocycles. The fourth-order valence-corrected chi connectivity index (χ4v) is 1.99. The number of nitrogens with one attached hydrogen (secondary N) is 1. The molecule has 1 aromatic rings. The molecule has 1 heterocycles. The third kappa shape index (κ3) is 6.42. The van der Waals surface area contributed by atoms with Crippen LogP contribution < -0.4 is 10.2 Å². The Kier molecular flexibility index (Phi) is 6.06. The maximum atomic E-state index is 5.67. The molecule has 0 radical (unpaired) electrons.